The first-order chi connectivity index (χ1) is 13.4. The molecule has 28 heavy (non-hydrogen) atoms. The lowest BCUT2D eigenvalue weighted by Crippen LogP contribution is -2.39. The summed E-state index contributed by atoms with van der Waals surface area (Å²) in [6, 6.07) is 9.62. The van der Waals surface area contributed by atoms with Crippen molar-refractivity contribution in [1.82, 2.24) is 20.1 Å². The van der Waals surface area contributed by atoms with E-state index in [4.69, 9.17) is 11.6 Å². The van der Waals surface area contributed by atoms with E-state index in [2.05, 4.69) is 15.4 Å². The molecule has 0 fully saturated rings. The predicted molar refractivity (Wildman–Crippen MR) is 107 cm³/mol. The first-order valence-corrected chi connectivity index (χ1v) is 9.01. The third kappa shape index (κ3) is 4.27. The van der Waals surface area contributed by atoms with E-state index in [1.807, 2.05) is 6.92 Å². The second-order valence-corrected chi connectivity index (χ2v) is 6.88. The van der Waals surface area contributed by atoms with Crippen molar-refractivity contribution < 1.29 is 9.90 Å². The second kappa shape index (κ2) is 8.33. The molecule has 0 spiro atoms. The number of hydrogen-bond donors (Lipinski definition) is 2. The third-order valence-corrected chi connectivity index (χ3v) is 4.30. The number of rotatable bonds is 5. The number of aliphatic hydroxyl groups is 1. The zero-order valence-corrected chi connectivity index (χ0v) is 16.1. The Hall–Kier alpha value is -3.03. The quantitative estimate of drug-likeness (QED) is 0.687. The highest BCUT2D eigenvalue weighted by atomic mass is 35.5. The summed E-state index contributed by atoms with van der Waals surface area (Å²) in [6.45, 7) is 3.25. The van der Waals surface area contributed by atoms with Gasteiger partial charge in [0.15, 0.2) is 0 Å². The van der Waals surface area contributed by atoms with Crippen molar-refractivity contribution in [2.75, 3.05) is 6.61 Å². The standard InChI is InChI=1S/C20H19ClN4O3/c1-12-7-16(10-22-9-12)25-20(28)17(19(27)23-13(2)11-26)8-18(24-25)14-3-5-15(21)6-4-14/h3-10,13,26H,11H2,1-2H3,(H,23,27). The number of hydrogen-bond acceptors (Lipinski definition) is 5. The molecule has 1 aromatic carbocycles. The van der Waals surface area contributed by atoms with Crippen LogP contribution in [-0.4, -0.2) is 38.4 Å². The highest BCUT2D eigenvalue weighted by Gasteiger charge is 2.19. The summed E-state index contributed by atoms with van der Waals surface area (Å²) in [5.41, 5.74) is 1.77. The Kier molecular flexibility index (Phi) is 5.87. The van der Waals surface area contributed by atoms with Crippen molar-refractivity contribution in [1.29, 1.82) is 0 Å². The van der Waals surface area contributed by atoms with E-state index < -0.39 is 17.5 Å². The van der Waals surface area contributed by atoms with Gasteiger partial charge in [0, 0.05) is 22.8 Å². The lowest BCUT2D eigenvalue weighted by molar-refractivity contribution is 0.0920. The van der Waals surface area contributed by atoms with Crippen LogP contribution in [0.15, 0.2) is 53.6 Å². The van der Waals surface area contributed by atoms with Gasteiger partial charge in [0.25, 0.3) is 11.5 Å². The van der Waals surface area contributed by atoms with Gasteiger partial charge in [-0.15, -0.1) is 0 Å². The summed E-state index contributed by atoms with van der Waals surface area (Å²) in [6.07, 6.45) is 3.17. The van der Waals surface area contributed by atoms with Gasteiger partial charge in [0.05, 0.1) is 24.2 Å². The van der Waals surface area contributed by atoms with Gasteiger partial charge in [-0.3, -0.25) is 14.6 Å². The SMILES string of the molecule is Cc1cncc(-n2nc(-c3ccc(Cl)cc3)cc(C(=O)NC(C)CO)c2=O)c1. The van der Waals surface area contributed by atoms with Crippen LogP contribution in [0.1, 0.15) is 22.8 Å². The molecule has 7 nitrogen and oxygen atoms in total. The number of carbonyl (C=O) groups is 1. The van der Waals surface area contributed by atoms with Crippen LogP contribution in [0.25, 0.3) is 16.9 Å². The van der Waals surface area contributed by atoms with E-state index >= 15 is 0 Å². The Morgan fingerprint density at radius 3 is 2.61 bits per heavy atom. The van der Waals surface area contributed by atoms with Gasteiger partial charge < -0.3 is 10.4 Å². The molecule has 3 rings (SSSR count). The Morgan fingerprint density at radius 1 is 1.25 bits per heavy atom. The maximum atomic E-state index is 13.0. The molecular weight excluding hydrogens is 380 g/mol. The van der Waals surface area contributed by atoms with E-state index in [1.165, 1.54) is 12.3 Å². The monoisotopic (exact) mass is 398 g/mol. The molecular formula is C20H19ClN4O3. The fraction of sp³-hybridized carbons (Fsp3) is 0.200. The van der Waals surface area contributed by atoms with Crippen molar-refractivity contribution in [2.45, 2.75) is 19.9 Å². The number of nitrogens with one attached hydrogen (secondary N) is 1. The lowest BCUT2D eigenvalue weighted by atomic mass is 10.1. The molecule has 2 N–H and O–H groups in total. The predicted octanol–water partition coefficient (Wildman–Crippen LogP) is 2.37. The summed E-state index contributed by atoms with van der Waals surface area (Å²) in [7, 11) is 0. The normalized spacial score (nSPS) is 11.9. The van der Waals surface area contributed by atoms with Gasteiger partial charge in [0.1, 0.15) is 5.56 Å². The fourth-order valence-electron chi connectivity index (χ4n) is 2.60. The van der Waals surface area contributed by atoms with Crippen LogP contribution in [0.5, 0.6) is 0 Å². The number of amides is 1. The molecule has 8 heteroatoms. The summed E-state index contributed by atoms with van der Waals surface area (Å²) < 4.78 is 1.16. The van der Waals surface area contributed by atoms with Crippen molar-refractivity contribution in [3.05, 3.63) is 75.3 Å². The minimum Gasteiger partial charge on any atom is -0.394 e. The van der Waals surface area contributed by atoms with Crippen LogP contribution in [0.4, 0.5) is 0 Å². The summed E-state index contributed by atoms with van der Waals surface area (Å²) in [5, 5.41) is 16.8. The fourth-order valence-corrected chi connectivity index (χ4v) is 2.72. The van der Waals surface area contributed by atoms with Crippen LogP contribution in [0.3, 0.4) is 0 Å². The molecule has 0 saturated heterocycles. The molecule has 0 aliphatic carbocycles. The topological polar surface area (TPSA) is 97.1 Å². The maximum absolute atomic E-state index is 13.0. The number of benzene rings is 1. The van der Waals surface area contributed by atoms with Crippen molar-refractivity contribution >= 4 is 17.5 Å². The van der Waals surface area contributed by atoms with Crippen molar-refractivity contribution in [2.24, 2.45) is 0 Å². The van der Waals surface area contributed by atoms with E-state index in [-0.39, 0.29) is 12.2 Å². The third-order valence-electron chi connectivity index (χ3n) is 4.05. The Balaban J connectivity index is 2.19. The number of halogens is 1. The molecule has 1 unspecified atom stereocenters. The minimum atomic E-state index is -0.585. The summed E-state index contributed by atoms with van der Waals surface area (Å²) in [5.74, 6) is -0.585. The van der Waals surface area contributed by atoms with Gasteiger partial charge in [-0.05, 0) is 43.7 Å². The average Bonchev–Trinajstić information content (AvgIpc) is 2.68. The van der Waals surface area contributed by atoms with Crippen LogP contribution < -0.4 is 10.9 Å². The average molecular weight is 399 g/mol. The molecule has 2 aromatic heterocycles. The maximum Gasteiger partial charge on any atom is 0.284 e. The molecule has 2 heterocycles. The van der Waals surface area contributed by atoms with E-state index in [0.29, 0.717) is 22.0 Å². The van der Waals surface area contributed by atoms with Gasteiger partial charge >= 0.3 is 0 Å². The first kappa shape index (κ1) is 19.7. The minimum absolute atomic E-state index is 0.0817. The summed E-state index contributed by atoms with van der Waals surface area (Å²) in [4.78, 5) is 29.7. The van der Waals surface area contributed by atoms with Crippen LogP contribution in [0.2, 0.25) is 5.02 Å². The van der Waals surface area contributed by atoms with E-state index in [1.54, 1.807) is 43.5 Å². The smallest absolute Gasteiger partial charge is 0.284 e. The van der Waals surface area contributed by atoms with Crippen LogP contribution in [0, 0.1) is 6.92 Å². The zero-order valence-electron chi connectivity index (χ0n) is 15.4. The Morgan fingerprint density at radius 2 is 1.96 bits per heavy atom. The Bertz CT molecular complexity index is 1060. The first-order valence-electron chi connectivity index (χ1n) is 8.63. The number of nitrogens with zero attached hydrogens (tertiary/aromatic N) is 3. The van der Waals surface area contributed by atoms with Crippen LogP contribution >= 0.6 is 11.6 Å². The number of aliphatic hydroxyl groups excluding tert-OH is 1. The second-order valence-electron chi connectivity index (χ2n) is 6.44. The number of carbonyl (C=O) groups excluding carboxylic acids is 1. The van der Waals surface area contributed by atoms with Crippen molar-refractivity contribution in [3.63, 3.8) is 0 Å². The van der Waals surface area contributed by atoms with Gasteiger partial charge in [-0.25, -0.2) is 0 Å². The molecule has 1 amide bonds. The molecule has 0 radical (unpaired) electrons. The molecule has 0 aliphatic heterocycles. The lowest BCUT2D eigenvalue weighted by Gasteiger charge is -2.13. The van der Waals surface area contributed by atoms with E-state index in [0.717, 1.165) is 10.2 Å². The number of pyridine rings is 1. The van der Waals surface area contributed by atoms with E-state index in [9.17, 15) is 14.7 Å². The summed E-state index contributed by atoms with van der Waals surface area (Å²) >= 11 is 5.95. The molecule has 3 aromatic rings. The number of aromatic nitrogens is 3. The van der Waals surface area contributed by atoms with Crippen LogP contribution in [-0.2, 0) is 0 Å². The Labute approximate surface area is 166 Å². The molecule has 0 saturated carbocycles. The number of aryl methyl sites for hydroxylation is 1. The highest BCUT2D eigenvalue weighted by molar-refractivity contribution is 6.30. The highest BCUT2D eigenvalue weighted by Crippen LogP contribution is 2.20. The molecule has 0 aliphatic rings. The van der Waals surface area contributed by atoms with Gasteiger partial charge in [-0.2, -0.15) is 9.78 Å². The zero-order chi connectivity index (χ0) is 20.3. The van der Waals surface area contributed by atoms with Gasteiger partial charge in [0.2, 0.25) is 0 Å². The molecule has 144 valence electrons. The van der Waals surface area contributed by atoms with Crippen molar-refractivity contribution in [3.8, 4) is 16.9 Å². The molecule has 1 atom stereocenters. The molecule has 0 bridgehead atoms. The largest absolute Gasteiger partial charge is 0.394 e. The van der Waals surface area contributed by atoms with Gasteiger partial charge in [-0.1, -0.05) is 23.7 Å².